The third-order valence-corrected chi connectivity index (χ3v) is 3.77. The molecule has 0 aromatic heterocycles. The molecule has 2 amide bonds. The van der Waals surface area contributed by atoms with E-state index in [2.05, 4.69) is 17.6 Å². The highest BCUT2D eigenvalue weighted by Crippen LogP contribution is 2.06. The normalized spacial score (nSPS) is 10.2. The van der Waals surface area contributed by atoms with Crippen LogP contribution in [0.1, 0.15) is 52.5 Å². The summed E-state index contributed by atoms with van der Waals surface area (Å²) in [5, 5.41) is 5.76. The zero-order valence-corrected chi connectivity index (χ0v) is 14.0. The van der Waals surface area contributed by atoms with Crippen molar-refractivity contribution in [2.45, 2.75) is 32.7 Å². The minimum Gasteiger partial charge on any atom is -0.352 e. The number of amides is 2. The maximum Gasteiger partial charge on any atom is 0.251 e. The minimum absolute atomic E-state index is 0.0950. The molecule has 24 heavy (non-hydrogen) atoms. The molecule has 0 unspecified atom stereocenters. The zero-order valence-electron chi connectivity index (χ0n) is 14.0. The number of rotatable bonds is 8. The van der Waals surface area contributed by atoms with E-state index in [1.807, 2.05) is 30.3 Å². The van der Waals surface area contributed by atoms with Gasteiger partial charge in [-0.25, -0.2) is 0 Å². The average molecular weight is 324 g/mol. The van der Waals surface area contributed by atoms with Gasteiger partial charge in [-0.1, -0.05) is 50.1 Å². The molecule has 126 valence electrons. The molecule has 2 aromatic carbocycles. The monoisotopic (exact) mass is 324 g/mol. The van der Waals surface area contributed by atoms with E-state index in [1.165, 1.54) is 0 Å². The highest BCUT2D eigenvalue weighted by atomic mass is 16.2. The summed E-state index contributed by atoms with van der Waals surface area (Å²) in [4.78, 5) is 24.1. The van der Waals surface area contributed by atoms with Crippen LogP contribution >= 0.6 is 0 Å². The smallest absolute Gasteiger partial charge is 0.251 e. The Labute approximate surface area is 143 Å². The first-order valence-electron chi connectivity index (χ1n) is 8.41. The highest BCUT2D eigenvalue weighted by Gasteiger charge is 2.08. The van der Waals surface area contributed by atoms with Crippen LogP contribution in [0.3, 0.4) is 0 Å². The van der Waals surface area contributed by atoms with Crippen molar-refractivity contribution in [3.8, 4) is 0 Å². The number of hydrogen-bond acceptors (Lipinski definition) is 2. The van der Waals surface area contributed by atoms with Crippen molar-refractivity contribution >= 4 is 11.8 Å². The molecule has 2 N–H and O–H groups in total. The topological polar surface area (TPSA) is 58.2 Å². The fraction of sp³-hybridized carbons (Fsp3) is 0.300. The molecule has 2 rings (SSSR count). The summed E-state index contributed by atoms with van der Waals surface area (Å²) in [5.74, 6) is -0.240. The molecule has 4 nitrogen and oxygen atoms in total. The van der Waals surface area contributed by atoms with Crippen LogP contribution in [0.4, 0.5) is 0 Å². The number of benzene rings is 2. The van der Waals surface area contributed by atoms with Crippen molar-refractivity contribution in [3.05, 3.63) is 71.3 Å². The molecule has 0 spiro atoms. The van der Waals surface area contributed by atoms with E-state index in [0.717, 1.165) is 24.8 Å². The molecular formula is C20H24N2O2. The van der Waals surface area contributed by atoms with Gasteiger partial charge in [-0.15, -0.1) is 0 Å². The molecular weight excluding hydrogens is 300 g/mol. The Morgan fingerprint density at radius 2 is 1.38 bits per heavy atom. The molecule has 0 aliphatic heterocycles. The second kappa shape index (κ2) is 9.50. The predicted octanol–water partition coefficient (Wildman–Crippen LogP) is 3.54. The lowest BCUT2D eigenvalue weighted by molar-refractivity contribution is 0.0940. The summed E-state index contributed by atoms with van der Waals surface area (Å²) in [7, 11) is 0. The number of carbonyl (C=O) groups is 2. The molecule has 0 radical (unpaired) electrons. The Morgan fingerprint density at radius 3 is 1.96 bits per heavy atom. The van der Waals surface area contributed by atoms with E-state index in [-0.39, 0.29) is 11.8 Å². The molecule has 0 saturated heterocycles. The fourth-order valence-electron chi connectivity index (χ4n) is 2.33. The van der Waals surface area contributed by atoms with E-state index in [9.17, 15) is 9.59 Å². The van der Waals surface area contributed by atoms with Gasteiger partial charge >= 0.3 is 0 Å². The van der Waals surface area contributed by atoms with E-state index >= 15 is 0 Å². The lowest BCUT2D eigenvalue weighted by Crippen LogP contribution is -2.25. The quantitative estimate of drug-likeness (QED) is 0.730. The highest BCUT2D eigenvalue weighted by molar-refractivity contribution is 5.97. The van der Waals surface area contributed by atoms with Crippen LogP contribution in [0.5, 0.6) is 0 Å². The van der Waals surface area contributed by atoms with Crippen molar-refractivity contribution in [1.82, 2.24) is 10.6 Å². The van der Waals surface area contributed by atoms with E-state index in [1.54, 1.807) is 24.3 Å². The predicted molar refractivity (Wildman–Crippen MR) is 95.9 cm³/mol. The Bertz CT molecular complexity index is 651. The Balaban J connectivity index is 1.84. The zero-order chi connectivity index (χ0) is 17.2. The largest absolute Gasteiger partial charge is 0.352 e. The number of hydrogen-bond donors (Lipinski definition) is 2. The second-order valence-corrected chi connectivity index (χ2v) is 5.71. The standard InChI is InChI=1S/C20H24N2O2/c1-2-3-7-14-21-19(23)17-10-12-18(13-11-17)20(24)22-15-16-8-5-4-6-9-16/h4-6,8-13H,2-3,7,14-15H2,1H3,(H,21,23)(H,22,24). The van der Waals surface area contributed by atoms with Crippen LogP contribution in [-0.4, -0.2) is 18.4 Å². The van der Waals surface area contributed by atoms with Gasteiger partial charge in [0.15, 0.2) is 0 Å². The van der Waals surface area contributed by atoms with Gasteiger partial charge < -0.3 is 10.6 Å². The molecule has 0 saturated carbocycles. The summed E-state index contributed by atoms with van der Waals surface area (Å²) in [6.07, 6.45) is 3.23. The summed E-state index contributed by atoms with van der Waals surface area (Å²) < 4.78 is 0. The van der Waals surface area contributed by atoms with Crippen LogP contribution in [0.15, 0.2) is 54.6 Å². The number of carbonyl (C=O) groups excluding carboxylic acids is 2. The van der Waals surface area contributed by atoms with E-state index in [4.69, 9.17) is 0 Å². The number of unbranched alkanes of at least 4 members (excludes halogenated alkanes) is 2. The lowest BCUT2D eigenvalue weighted by Gasteiger charge is -2.07. The first kappa shape index (κ1) is 17.7. The summed E-state index contributed by atoms with van der Waals surface area (Å²) >= 11 is 0. The molecule has 2 aromatic rings. The number of nitrogens with one attached hydrogen (secondary N) is 2. The first-order chi connectivity index (χ1) is 11.7. The van der Waals surface area contributed by atoms with E-state index in [0.29, 0.717) is 24.2 Å². The first-order valence-corrected chi connectivity index (χ1v) is 8.41. The van der Waals surface area contributed by atoms with Gasteiger partial charge in [0.25, 0.3) is 11.8 Å². The molecule has 0 bridgehead atoms. The van der Waals surface area contributed by atoms with Crippen LogP contribution in [-0.2, 0) is 6.54 Å². The Morgan fingerprint density at radius 1 is 0.792 bits per heavy atom. The minimum atomic E-state index is -0.145. The van der Waals surface area contributed by atoms with Gasteiger partial charge in [-0.3, -0.25) is 9.59 Å². The third kappa shape index (κ3) is 5.54. The van der Waals surface area contributed by atoms with Crippen LogP contribution < -0.4 is 10.6 Å². The van der Waals surface area contributed by atoms with Gasteiger partial charge in [0.2, 0.25) is 0 Å². The Kier molecular flexibility index (Phi) is 7.02. The lowest BCUT2D eigenvalue weighted by atomic mass is 10.1. The molecule has 0 heterocycles. The van der Waals surface area contributed by atoms with Crippen molar-refractivity contribution < 1.29 is 9.59 Å². The molecule has 0 aliphatic carbocycles. The summed E-state index contributed by atoms with van der Waals surface area (Å²) in [5.41, 5.74) is 2.17. The van der Waals surface area contributed by atoms with Crippen molar-refractivity contribution in [3.63, 3.8) is 0 Å². The van der Waals surface area contributed by atoms with Crippen LogP contribution in [0.25, 0.3) is 0 Å². The molecule has 0 fully saturated rings. The fourth-order valence-corrected chi connectivity index (χ4v) is 2.33. The van der Waals surface area contributed by atoms with Crippen molar-refractivity contribution in [1.29, 1.82) is 0 Å². The molecule has 0 atom stereocenters. The average Bonchev–Trinajstić information content (AvgIpc) is 2.64. The molecule has 4 heteroatoms. The SMILES string of the molecule is CCCCCNC(=O)c1ccc(C(=O)NCc2ccccc2)cc1. The second-order valence-electron chi connectivity index (χ2n) is 5.71. The van der Waals surface area contributed by atoms with Gasteiger partial charge in [0, 0.05) is 24.2 Å². The van der Waals surface area contributed by atoms with Crippen LogP contribution in [0, 0.1) is 0 Å². The van der Waals surface area contributed by atoms with Gasteiger partial charge in [0.1, 0.15) is 0 Å². The summed E-state index contributed by atoms with van der Waals surface area (Å²) in [6.45, 7) is 3.30. The van der Waals surface area contributed by atoms with Crippen LogP contribution in [0.2, 0.25) is 0 Å². The maximum absolute atomic E-state index is 12.1. The third-order valence-electron chi connectivity index (χ3n) is 3.77. The molecule has 0 aliphatic rings. The summed E-state index contributed by atoms with van der Waals surface area (Å²) in [6, 6.07) is 16.5. The Hall–Kier alpha value is -2.62. The van der Waals surface area contributed by atoms with Gasteiger partial charge in [-0.05, 0) is 36.2 Å². The van der Waals surface area contributed by atoms with E-state index < -0.39 is 0 Å². The maximum atomic E-state index is 12.1. The van der Waals surface area contributed by atoms with Crippen molar-refractivity contribution in [2.24, 2.45) is 0 Å². The van der Waals surface area contributed by atoms with Crippen molar-refractivity contribution in [2.75, 3.05) is 6.54 Å². The van der Waals surface area contributed by atoms with Gasteiger partial charge in [-0.2, -0.15) is 0 Å². The van der Waals surface area contributed by atoms with Gasteiger partial charge in [0.05, 0.1) is 0 Å².